The van der Waals surface area contributed by atoms with Crippen molar-refractivity contribution in [3.8, 4) is 5.75 Å². The predicted molar refractivity (Wildman–Crippen MR) is 91.3 cm³/mol. The van der Waals surface area contributed by atoms with Crippen molar-refractivity contribution in [2.75, 3.05) is 26.2 Å². The number of aliphatic carboxylic acids is 1. The van der Waals surface area contributed by atoms with E-state index >= 15 is 0 Å². The zero-order chi connectivity index (χ0) is 18.3. The summed E-state index contributed by atoms with van der Waals surface area (Å²) < 4.78 is 32.9. The standard InChI is InChI=1S/C20H19F2NO3/c21-14-5-12(6-15(22)7-14)17-9-23(10-18(17)20(24)25)8-13-11-26-19-4-2-1-3-16(13)19/h1-7,13,17-18H,8-11H2,(H,24,25)/t13?,17-,18+/m0/s1. The first kappa shape index (κ1) is 17.0. The highest BCUT2D eigenvalue weighted by molar-refractivity contribution is 5.72. The van der Waals surface area contributed by atoms with Gasteiger partial charge in [0, 0.05) is 43.1 Å². The number of hydrogen-bond donors (Lipinski definition) is 1. The average Bonchev–Trinajstić information content (AvgIpc) is 3.19. The molecule has 0 bridgehead atoms. The SMILES string of the molecule is O=C(O)[C@@H]1CN(CC2COc3ccccc32)C[C@H]1c1cc(F)cc(F)c1. The molecule has 136 valence electrons. The van der Waals surface area contributed by atoms with Crippen LogP contribution in [-0.4, -0.2) is 42.2 Å². The Morgan fingerprint density at radius 3 is 2.62 bits per heavy atom. The van der Waals surface area contributed by atoms with Crippen LogP contribution in [-0.2, 0) is 4.79 Å². The van der Waals surface area contributed by atoms with Crippen LogP contribution in [0, 0.1) is 17.6 Å². The van der Waals surface area contributed by atoms with Gasteiger partial charge in [-0.2, -0.15) is 0 Å². The molecule has 2 aromatic carbocycles. The Morgan fingerprint density at radius 2 is 1.88 bits per heavy atom. The summed E-state index contributed by atoms with van der Waals surface area (Å²) in [6, 6.07) is 11.1. The number of carbonyl (C=O) groups is 1. The van der Waals surface area contributed by atoms with Crippen LogP contribution < -0.4 is 4.74 Å². The van der Waals surface area contributed by atoms with Crippen LogP contribution in [0.4, 0.5) is 8.78 Å². The van der Waals surface area contributed by atoms with Gasteiger partial charge in [0.05, 0.1) is 12.5 Å². The number of halogens is 2. The summed E-state index contributed by atoms with van der Waals surface area (Å²) in [5, 5.41) is 9.58. The lowest BCUT2D eigenvalue weighted by molar-refractivity contribution is -0.141. The maximum atomic E-state index is 13.6. The maximum absolute atomic E-state index is 13.6. The van der Waals surface area contributed by atoms with Crippen molar-refractivity contribution in [1.82, 2.24) is 4.90 Å². The van der Waals surface area contributed by atoms with Gasteiger partial charge in [-0.1, -0.05) is 18.2 Å². The molecule has 2 aliphatic rings. The first-order valence-corrected chi connectivity index (χ1v) is 8.64. The highest BCUT2D eigenvalue weighted by Crippen LogP contribution is 2.38. The van der Waals surface area contributed by atoms with Crippen molar-refractivity contribution >= 4 is 5.97 Å². The molecule has 2 aliphatic heterocycles. The van der Waals surface area contributed by atoms with E-state index < -0.39 is 29.4 Å². The number of carboxylic acids is 1. The molecule has 1 unspecified atom stereocenters. The van der Waals surface area contributed by atoms with Crippen LogP contribution in [0.2, 0.25) is 0 Å². The second-order valence-electron chi connectivity index (χ2n) is 7.02. The van der Waals surface area contributed by atoms with E-state index in [1.807, 2.05) is 24.3 Å². The molecule has 0 aliphatic carbocycles. The third-order valence-corrected chi connectivity index (χ3v) is 5.30. The van der Waals surface area contributed by atoms with E-state index in [9.17, 15) is 18.7 Å². The minimum atomic E-state index is -0.940. The van der Waals surface area contributed by atoms with Crippen molar-refractivity contribution in [1.29, 1.82) is 0 Å². The molecule has 1 saturated heterocycles. The van der Waals surface area contributed by atoms with E-state index in [-0.39, 0.29) is 5.92 Å². The number of rotatable bonds is 4. The van der Waals surface area contributed by atoms with Crippen LogP contribution in [0.15, 0.2) is 42.5 Å². The van der Waals surface area contributed by atoms with Gasteiger partial charge in [0.25, 0.3) is 0 Å². The summed E-state index contributed by atoms with van der Waals surface area (Å²) in [5.74, 6) is -2.38. The van der Waals surface area contributed by atoms with E-state index in [0.29, 0.717) is 31.8 Å². The topological polar surface area (TPSA) is 49.8 Å². The highest BCUT2D eigenvalue weighted by atomic mass is 19.1. The normalized spacial score (nSPS) is 25.1. The molecule has 4 rings (SSSR count). The van der Waals surface area contributed by atoms with Gasteiger partial charge in [0.1, 0.15) is 17.4 Å². The molecule has 4 nitrogen and oxygen atoms in total. The molecule has 2 aromatic rings. The second-order valence-corrected chi connectivity index (χ2v) is 7.02. The summed E-state index contributed by atoms with van der Waals surface area (Å²) in [7, 11) is 0. The molecule has 1 fully saturated rings. The Balaban J connectivity index is 1.54. The minimum absolute atomic E-state index is 0.170. The van der Waals surface area contributed by atoms with Gasteiger partial charge >= 0.3 is 5.97 Å². The van der Waals surface area contributed by atoms with E-state index in [1.54, 1.807) is 0 Å². The van der Waals surface area contributed by atoms with Crippen LogP contribution in [0.5, 0.6) is 5.75 Å². The summed E-state index contributed by atoms with van der Waals surface area (Å²) in [6.45, 7) is 2.04. The number of hydrogen-bond acceptors (Lipinski definition) is 3. The van der Waals surface area contributed by atoms with E-state index in [4.69, 9.17) is 4.74 Å². The van der Waals surface area contributed by atoms with Crippen molar-refractivity contribution in [3.05, 3.63) is 65.2 Å². The molecular weight excluding hydrogens is 340 g/mol. The number of benzene rings is 2. The summed E-state index contributed by atoms with van der Waals surface area (Å²) in [4.78, 5) is 13.8. The molecule has 0 radical (unpaired) electrons. The smallest absolute Gasteiger partial charge is 0.308 e. The average molecular weight is 359 g/mol. The molecule has 26 heavy (non-hydrogen) atoms. The highest BCUT2D eigenvalue weighted by Gasteiger charge is 2.40. The molecule has 0 saturated carbocycles. The molecule has 6 heteroatoms. The number of likely N-dealkylation sites (tertiary alicyclic amines) is 1. The number of nitrogens with zero attached hydrogens (tertiary/aromatic N) is 1. The van der Waals surface area contributed by atoms with Gasteiger partial charge in [-0.3, -0.25) is 4.79 Å². The summed E-state index contributed by atoms with van der Waals surface area (Å²) in [5.41, 5.74) is 1.53. The monoisotopic (exact) mass is 359 g/mol. The van der Waals surface area contributed by atoms with Crippen LogP contribution in [0.25, 0.3) is 0 Å². The first-order chi connectivity index (χ1) is 12.5. The quantitative estimate of drug-likeness (QED) is 0.911. The van der Waals surface area contributed by atoms with E-state index in [2.05, 4.69) is 4.90 Å². The lowest BCUT2D eigenvalue weighted by Gasteiger charge is -2.20. The summed E-state index contributed by atoms with van der Waals surface area (Å²) >= 11 is 0. The molecule has 3 atom stereocenters. The maximum Gasteiger partial charge on any atom is 0.308 e. The predicted octanol–water partition coefficient (Wildman–Crippen LogP) is 3.24. The van der Waals surface area contributed by atoms with Crippen LogP contribution in [0.1, 0.15) is 23.0 Å². The second kappa shape index (κ2) is 6.68. The Morgan fingerprint density at radius 1 is 1.15 bits per heavy atom. The number of ether oxygens (including phenoxy) is 1. The van der Waals surface area contributed by atoms with E-state index in [0.717, 1.165) is 17.4 Å². The third-order valence-electron chi connectivity index (χ3n) is 5.30. The zero-order valence-corrected chi connectivity index (χ0v) is 14.1. The zero-order valence-electron chi connectivity index (χ0n) is 14.1. The molecule has 0 aromatic heterocycles. The first-order valence-electron chi connectivity index (χ1n) is 8.64. The van der Waals surface area contributed by atoms with Gasteiger partial charge in [0.2, 0.25) is 0 Å². The number of carboxylic acid groups (broad SMARTS) is 1. The van der Waals surface area contributed by atoms with Gasteiger partial charge in [-0.25, -0.2) is 8.78 Å². The fraction of sp³-hybridized carbons (Fsp3) is 0.350. The molecular formula is C20H19F2NO3. The minimum Gasteiger partial charge on any atom is -0.493 e. The number of fused-ring (bicyclic) bond motifs is 1. The van der Waals surface area contributed by atoms with Gasteiger partial charge in [-0.15, -0.1) is 0 Å². The molecule has 2 heterocycles. The fourth-order valence-corrected chi connectivity index (χ4v) is 4.10. The lowest BCUT2D eigenvalue weighted by atomic mass is 9.89. The lowest BCUT2D eigenvalue weighted by Crippen LogP contribution is -2.28. The largest absolute Gasteiger partial charge is 0.493 e. The molecule has 0 amide bonds. The van der Waals surface area contributed by atoms with Gasteiger partial charge in [0.15, 0.2) is 0 Å². The molecule has 0 spiro atoms. The Kier molecular flexibility index (Phi) is 4.36. The van der Waals surface area contributed by atoms with Crippen molar-refractivity contribution in [3.63, 3.8) is 0 Å². The van der Waals surface area contributed by atoms with Crippen molar-refractivity contribution in [2.45, 2.75) is 11.8 Å². The Labute approximate surface area is 150 Å². The van der Waals surface area contributed by atoms with Gasteiger partial charge in [-0.05, 0) is 23.8 Å². The van der Waals surface area contributed by atoms with Crippen LogP contribution >= 0.6 is 0 Å². The van der Waals surface area contributed by atoms with Gasteiger partial charge < -0.3 is 14.7 Å². The summed E-state index contributed by atoms with van der Waals surface area (Å²) in [6.07, 6.45) is 0. The molecule has 1 N–H and O–H groups in total. The van der Waals surface area contributed by atoms with Crippen LogP contribution in [0.3, 0.4) is 0 Å². The van der Waals surface area contributed by atoms with Crippen molar-refractivity contribution in [2.24, 2.45) is 5.92 Å². The fourth-order valence-electron chi connectivity index (χ4n) is 4.10. The Bertz CT molecular complexity index is 821. The van der Waals surface area contributed by atoms with E-state index in [1.165, 1.54) is 12.1 Å². The number of para-hydroxylation sites is 1. The third kappa shape index (κ3) is 3.17. The van der Waals surface area contributed by atoms with Crippen molar-refractivity contribution < 1.29 is 23.4 Å². The Hall–Kier alpha value is -2.47.